The van der Waals surface area contributed by atoms with Crippen molar-refractivity contribution in [1.29, 1.82) is 0 Å². The molecule has 1 saturated heterocycles. The van der Waals surface area contributed by atoms with E-state index in [0.29, 0.717) is 55.5 Å². The van der Waals surface area contributed by atoms with Crippen molar-refractivity contribution in [2.24, 2.45) is 5.10 Å². The standard InChI is InChI=1S/C25H24N4O5/c30-25(21-8-4-5-9-24(21)34-18-19-6-2-1-3-7-19)27-26-17-20-10-11-22(23(16-20)29(31)32)28-12-14-33-15-13-28/h1-11,16-17H,12-15,18H2,(H,27,30)/b26-17+. The number of carbonyl (C=O) groups excluding carboxylic acids is 1. The van der Waals surface area contributed by atoms with E-state index in [1.165, 1.54) is 12.3 Å². The van der Waals surface area contributed by atoms with Gasteiger partial charge in [0.1, 0.15) is 18.0 Å². The topological polar surface area (TPSA) is 106 Å². The molecule has 3 aromatic carbocycles. The normalized spacial score (nSPS) is 13.6. The van der Waals surface area contributed by atoms with Crippen LogP contribution in [-0.2, 0) is 11.3 Å². The lowest BCUT2D eigenvalue weighted by atomic mass is 10.1. The second kappa shape index (κ2) is 11.1. The highest BCUT2D eigenvalue weighted by Crippen LogP contribution is 2.29. The average molecular weight is 460 g/mol. The number of hydrogen-bond acceptors (Lipinski definition) is 7. The summed E-state index contributed by atoms with van der Waals surface area (Å²) >= 11 is 0. The molecule has 0 aliphatic carbocycles. The van der Waals surface area contributed by atoms with Gasteiger partial charge in [0, 0.05) is 24.7 Å². The molecule has 1 amide bonds. The van der Waals surface area contributed by atoms with Gasteiger partial charge in [0.25, 0.3) is 11.6 Å². The van der Waals surface area contributed by atoms with Gasteiger partial charge >= 0.3 is 0 Å². The summed E-state index contributed by atoms with van der Waals surface area (Å²) in [5.41, 5.74) is 4.81. The summed E-state index contributed by atoms with van der Waals surface area (Å²) in [5.74, 6) is -0.0103. The fourth-order valence-electron chi connectivity index (χ4n) is 3.58. The van der Waals surface area contributed by atoms with E-state index < -0.39 is 10.8 Å². The highest BCUT2D eigenvalue weighted by molar-refractivity contribution is 5.97. The number of nitro groups is 1. The lowest BCUT2D eigenvalue weighted by Gasteiger charge is -2.28. The maximum atomic E-state index is 12.7. The Morgan fingerprint density at radius 1 is 1.09 bits per heavy atom. The van der Waals surface area contributed by atoms with Gasteiger partial charge in [-0.3, -0.25) is 14.9 Å². The lowest BCUT2D eigenvalue weighted by Crippen LogP contribution is -2.36. The summed E-state index contributed by atoms with van der Waals surface area (Å²) in [6.45, 7) is 2.57. The first kappa shape index (κ1) is 22.9. The molecule has 1 aliphatic heterocycles. The van der Waals surface area contributed by atoms with Gasteiger partial charge in [-0.15, -0.1) is 0 Å². The Morgan fingerprint density at radius 2 is 1.82 bits per heavy atom. The summed E-state index contributed by atoms with van der Waals surface area (Å²) < 4.78 is 11.1. The van der Waals surface area contributed by atoms with Crippen molar-refractivity contribution in [1.82, 2.24) is 5.43 Å². The summed E-state index contributed by atoms with van der Waals surface area (Å²) in [6, 6.07) is 21.4. The molecule has 0 atom stereocenters. The predicted octanol–water partition coefficient (Wildman–Crippen LogP) is 3.77. The van der Waals surface area contributed by atoms with Gasteiger partial charge in [-0.2, -0.15) is 5.10 Å². The molecule has 9 heteroatoms. The van der Waals surface area contributed by atoms with Crippen LogP contribution in [0.2, 0.25) is 0 Å². The monoisotopic (exact) mass is 460 g/mol. The van der Waals surface area contributed by atoms with Gasteiger partial charge in [0.15, 0.2) is 0 Å². The van der Waals surface area contributed by atoms with E-state index >= 15 is 0 Å². The molecule has 0 unspecified atom stereocenters. The summed E-state index contributed by atoms with van der Waals surface area (Å²) in [7, 11) is 0. The van der Waals surface area contributed by atoms with Crippen LogP contribution in [0.15, 0.2) is 77.9 Å². The molecule has 4 rings (SSSR count). The average Bonchev–Trinajstić information content (AvgIpc) is 2.88. The van der Waals surface area contributed by atoms with Crippen LogP contribution in [-0.4, -0.2) is 43.3 Å². The summed E-state index contributed by atoms with van der Waals surface area (Å²) in [6.07, 6.45) is 1.38. The van der Waals surface area contributed by atoms with Gasteiger partial charge in [-0.25, -0.2) is 5.43 Å². The third kappa shape index (κ3) is 5.76. The highest BCUT2D eigenvalue weighted by atomic mass is 16.6. The number of rotatable bonds is 8. The van der Waals surface area contributed by atoms with Crippen molar-refractivity contribution < 1.29 is 19.2 Å². The van der Waals surface area contributed by atoms with E-state index in [1.54, 1.807) is 36.4 Å². The Morgan fingerprint density at radius 3 is 2.59 bits per heavy atom. The lowest BCUT2D eigenvalue weighted by molar-refractivity contribution is -0.384. The van der Waals surface area contributed by atoms with E-state index in [1.807, 2.05) is 35.2 Å². The molecule has 1 fully saturated rings. The van der Waals surface area contributed by atoms with Crippen molar-refractivity contribution in [2.45, 2.75) is 6.61 Å². The molecule has 34 heavy (non-hydrogen) atoms. The molecular weight excluding hydrogens is 436 g/mol. The third-order valence-electron chi connectivity index (χ3n) is 5.30. The Bertz CT molecular complexity index is 1180. The number of nitro benzene ring substituents is 1. The molecule has 9 nitrogen and oxygen atoms in total. The molecule has 0 bridgehead atoms. The predicted molar refractivity (Wildman–Crippen MR) is 128 cm³/mol. The minimum absolute atomic E-state index is 0.0168. The molecule has 0 spiro atoms. The molecule has 1 heterocycles. The largest absolute Gasteiger partial charge is 0.488 e. The van der Waals surface area contributed by atoms with Gasteiger partial charge in [-0.1, -0.05) is 48.5 Å². The number of carbonyl (C=O) groups is 1. The van der Waals surface area contributed by atoms with Crippen LogP contribution in [0, 0.1) is 10.1 Å². The molecule has 1 N–H and O–H groups in total. The Hall–Kier alpha value is -4.24. The molecular formula is C25H24N4O5. The van der Waals surface area contributed by atoms with Crippen LogP contribution in [0.3, 0.4) is 0 Å². The first-order valence-electron chi connectivity index (χ1n) is 10.8. The number of ether oxygens (including phenoxy) is 2. The number of morpholine rings is 1. The number of amides is 1. The zero-order valence-corrected chi connectivity index (χ0v) is 18.4. The summed E-state index contributed by atoms with van der Waals surface area (Å²) in [5, 5.41) is 15.6. The molecule has 0 aromatic heterocycles. The first-order chi connectivity index (χ1) is 16.6. The van der Waals surface area contributed by atoms with E-state index in [9.17, 15) is 14.9 Å². The van der Waals surface area contributed by atoms with Crippen LogP contribution >= 0.6 is 0 Å². The van der Waals surface area contributed by atoms with Gasteiger partial charge < -0.3 is 14.4 Å². The Balaban J connectivity index is 1.43. The van der Waals surface area contributed by atoms with E-state index in [2.05, 4.69) is 10.5 Å². The Kier molecular flexibility index (Phi) is 7.46. The fourth-order valence-corrected chi connectivity index (χ4v) is 3.58. The number of nitrogens with zero attached hydrogens (tertiary/aromatic N) is 3. The van der Waals surface area contributed by atoms with Crippen molar-refractivity contribution >= 4 is 23.5 Å². The minimum atomic E-state index is -0.445. The third-order valence-corrected chi connectivity index (χ3v) is 5.30. The quantitative estimate of drug-likeness (QED) is 0.312. The van der Waals surface area contributed by atoms with E-state index in [4.69, 9.17) is 9.47 Å². The number of para-hydroxylation sites is 1. The summed E-state index contributed by atoms with van der Waals surface area (Å²) in [4.78, 5) is 25.8. The Labute approximate surface area is 196 Å². The zero-order valence-electron chi connectivity index (χ0n) is 18.4. The van der Waals surface area contributed by atoms with Gasteiger partial charge in [0.05, 0.1) is 29.9 Å². The second-order valence-corrected chi connectivity index (χ2v) is 7.57. The number of benzene rings is 3. The number of anilines is 1. The molecule has 3 aromatic rings. The van der Waals surface area contributed by atoms with E-state index in [0.717, 1.165) is 5.56 Å². The fraction of sp³-hybridized carbons (Fsp3) is 0.200. The van der Waals surface area contributed by atoms with E-state index in [-0.39, 0.29) is 5.69 Å². The molecule has 0 saturated carbocycles. The van der Waals surface area contributed by atoms with Crippen LogP contribution in [0.1, 0.15) is 21.5 Å². The zero-order chi connectivity index (χ0) is 23.8. The van der Waals surface area contributed by atoms with Crippen LogP contribution in [0.5, 0.6) is 5.75 Å². The van der Waals surface area contributed by atoms with Crippen LogP contribution in [0.25, 0.3) is 0 Å². The number of hydrazone groups is 1. The number of nitrogens with one attached hydrogen (secondary N) is 1. The van der Waals surface area contributed by atoms with Crippen molar-refractivity contribution in [3.63, 3.8) is 0 Å². The molecule has 0 radical (unpaired) electrons. The van der Waals surface area contributed by atoms with Crippen molar-refractivity contribution in [3.05, 3.63) is 99.6 Å². The highest BCUT2D eigenvalue weighted by Gasteiger charge is 2.21. The van der Waals surface area contributed by atoms with Crippen molar-refractivity contribution in [2.75, 3.05) is 31.2 Å². The smallest absolute Gasteiger partial charge is 0.293 e. The van der Waals surface area contributed by atoms with Gasteiger partial charge in [-0.05, 0) is 23.8 Å². The number of hydrogen-bond donors (Lipinski definition) is 1. The molecule has 1 aliphatic rings. The maximum Gasteiger partial charge on any atom is 0.293 e. The van der Waals surface area contributed by atoms with Crippen molar-refractivity contribution in [3.8, 4) is 5.75 Å². The van der Waals surface area contributed by atoms with Gasteiger partial charge in [0.2, 0.25) is 0 Å². The maximum absolute atomic E-state index is 12.7. The SMILES string of the molecule is O=C(N/N=C/c1ccc(N2CCOCC2)c([N+](=O)[O-])c1)c1ccccc1OCc1ccccc1. The first-order valence-corrected chi connectivity index (χ1v) is 10.8. The molecule has 174 valence electrons. The minimum Gasteiger partial charge on any atom is -0.488 e. The van der Waals surface area contributed by atoms with Crippen LogP contribution < -0.4 is 15.1 Å². The second-order valence-electron chi connectivity index (χ2n) is 7.57. The van der Waals surface area contributed by atoms with Crippen LogP contribution in [0.4, 0.5) is 11.4 Å².